The molecule has 0 unspecified atom stereocenters. The van der Waals surface area contributed by atoms with E-state index in [4.69, 9.17) is 29.4 Å². The van der Waals surface area contributed by atoms with Crippen LogP contribution in [0.15, 0.2) is 30.3 Å². The fourth-order valence-electron chi connectivity index (χ4n) is 4.10. The summed E-state index contributed by atoms with van der Waals surface area (Å²) < 4.78 is 29.6. The SMILES string of the molecule is CCOC(=O)C[C@@H](NC(=O)[C@@H](N)CCSC)[C@H]1O[C@@H]2OC(C)(C)O[C@@H]2[C@H]1OCc1ccccc1. The average Bonchev–Trinajstić information content (AvgIpc) is 3.27. The molecule has 6 atom stereocenters. The predicted molar refractivity (Wildman–Crippen MR) is 128 cm³/mol. The lowest BCUT2D eigenvalue weighted by Gasteiger charge is -2.31. The van der Waals surface area contributed by atoms with Crippen LogP contribution in [0.5, 0.6) is 0 Å². The number of hydrogen-bond donors (Lipinski definition) is 2. The minimum atomic E-state index is -0.839. The number of ether oxygens (including phenoxy) is 5. The van der Waals surface area contributed by atoms with Gasteiger partial charge in [0.15, 0.2) is 12.1 Å². The van der Waals surface area contributed by atoms with Gasteiger partial charge in [0.25, 0.3) is 0 Å². The van der Waals surface area contributed by atoms with Crippen LogP contribution in [-0.2, 0) is 39.9 Å². The maximum atomic E-state index is 12.8. The Morgan fingerprint density at radius 1 is 1.24 bits per heavy atom. The Bertz CT molecular complexity index is 810. The van der Waals surface area contributed by atoms with E-state index in [0.29, 0.717) is 13.0 Å². The molecule has 2 aliphatic rings. The zero-order chi connectivity index (χ0) is 24.7. The van der Waals surface area contributed by atoms with Crippen molar-refractivity contribution in [1.82, 2.24) is 5.32 Å². The zero-order valence-corrected chi connectivity index (χ0v) is 21.0. The second-order valence-electron chi connectivity index (χ2n) is 8.84. The summed E-state index contributed by atoms with van der Waals surface area (Å²) in [7, 11) is 0. The van der Waals surface area contributed by atoms with Gasteiger partial charge in [-0.05, 0) is 44.8 Å². The number of carbonyl (C=O) groups is 2. The first-order chi connectivity index (χ1) is 16.2. The van der Waals surface area contributed by atoms with Crippen molar-refractivity contribution in [3.8, 4) is 0 Å². The number of fused-ring (bicyclic) bond motifs is 1. The van der Waals surface area contributed by atoms with Crippen LogP contribution in [0, 0.1) is 0 Å². The highest BCUT2D eigenvalue weighted by molar-refractivity contribution is 7.98. The van der Waals surface area contributed by atoms with Crippen molar-refractivity contribution in [2.24, 2.45) is 5.73 Å². The maximum Gasteiger partial charge on any atom is 0.307 e. The van der Waals surface area contributed by atoms with Crippen molar-refractivity contribution in [2.45, 2.75) is 82.7 Å². The highest BCUT2D eigenvalue weighted by Crippen LogP contribution is 2.40. The summed E-state index contributed by atoms with van der Waals surface area (Å²) in [6.07, 6.45) is -0.110. The maximum absolute atomic E-state index is 12.8. The first kappa shape index (κ1) is 26.9. The number of rotatable bonds is 12. The number of benzene rings is 1. The Labute approximate surface area is 205 Å². The fraction of sp³-hybridized carbons (Fsp3) is 0.667. The molecule has 3 rings (SSSR count). The third kappa shape index (κ3) is 7.16. The van der Waals surface area contributed by atoms with Crippen molar-refractivity contribution in [3.63, 3.8) is 0 Å². The quantitative estimate of drug-likeness (QED) is 0.419. The third-order valence-electron chi connectivity index (χ3n) is 5.70. The minimum Gasteiger partial charge on any atom is -0.466 e. The van der Waals surface area contributed by atoms with E-state index < -0.39 is 48.4 Å². The minimum absolute atomic E-state index is 0.0898. The highest BCUT2D eigenvalue weighted by Gasteiger charge is 2.57. The first-order valence-corrected chi connectivity index (χ1v) is 13.0. The van der Waals surface area contributed by atoms with Crippen LogP contribution in [0.2, 0.25) is 0 Å². The Morgan fingerprint density at radius 2 is 1.97 bits per heavy atom. The van der Waals surface area contributed by atoms with Gasteiger partial charge in [-0.25, -0.2) is 0 Å². The van der Waals surface area contributed by atoms with Crippen molar-refractivity contribution in [1.29, 1.82) is 0 Å². The van der Waals surface area contributed by atoms with E-state index in [1.807, 2.05) is 36.6 Å². The van der Waals surface area contributed by atoms with Crippen LogP contribution >= 0.6 is 11.8 Å². The zero-order valence-electron chi connectivity index (χ0n) is 20.2. The molecule has 34 heavy (non-hydrogen) atoms. The van der Waals surface area contributed by atoms with Crippen LogP contribution in [0.4, 0.5) is 0 Å². The van der Waals surface area contributed by atoms with Crippen LogP contribution in [0.1, 0.15) is 39.2 Å². The van der Waals surface area contributed by atoms with E-state index in [9.17, 15) is 9.59 Å². The number of nitrogens with two attached hydrogens (primary N) is 1. The van der Waals surface area contributed by atoms with Crippen LogP contribution < -0.4 is 11.1 Å². The smallest absolute Gasteiger partial charge is 0.307 e. The van der Waals surface area contributed by atoms with Gasteiger partial charge in [0.05, 0.1) is 31.7 Å². The van der Waals surface area contributed by atoms with Gasteiger partial charge in [-0.15, -0.1) is 0 Å². The van der Waals surface area contributed by atoms with Gasteiger partial charge < -0.3 is 34.7 Å². The molecule has 3 N–H and O–H groups in total. The van der Waals surface area contributed by atoms with Crippen molar-refractivity contribution >= 4 is 23.6 Å². The molecule has 1 amide bonds. The molecule has 2 fully saturated rings. The largest absolute Gasteiger partial charge is 0.466 e. The van der Waals surface area contributed by atoms with Gasteiger partial charge in [-0.1, -0.05) is 30.3 Å². The molecule has 0 aromatic heterocycles. The summed E-state index contributed by atoms with van der Waals surface area (Å²) in [4.78, 5) is 25.2. The van der Waals surface area contributed by atoms with E-state index in [0.717, 1.165) is 11.3 Å². The number of hydrogen-bond acceptors (Lipinski definition) is 9. The molecule has 0 spiro atoms. The Morgan fingerprint density at radius 3 is 2.65 bits per heavy atom. The average molecular weight is 497 g/mol. The number of carbonyl (C=O) groups excluding carboxylic acids is 2. The molecule has 0 saturated carbocycles. The topological polar surface area (TPSA) is 118 Å². The van der Waals surface area contributed by atoms with E-state index >= 15 is 0 Å². The monoisotopic (exact) mass is 496 g/mol. The molecule has 0 aliphatic carbocycles. The molecule has 2 heterocycles. The molecular formula is C24H36N2O7S. The molecule has 0 radical (unpaired) electrons. The summed E-state index contributed by atoms with van der Waals surface area (Å²) in [5.41, 5.74) is 7.05. The molecule has 9 nitrogen and oxygen atoms in total. The first-order valence-electron chi connectivity index (χ1n) is 11.6. The second kappa shape index (κ2) is 12.3. The lowest BCUT2D eigenvalue weighted by molar-refractivity contribution is -0.223. The Kier molecular flexibility index (Phi) is 9.75. The molecule has 10 heteroatoms. The summed E-state index contributed by atoms with van der Waals surface area (Å²) in [5.74, 6) is -0.890. The van der Waals surface area contributed by atoms with Gasteiger partial charge in [0, 0.05) is 0 Å². The lowest BCUT2D eigenvalue weighted by atomic mass is 9.99. The molecule has 2 aliphatic heterocycles. The molecule has 2 saturated heterocycles. The summed E-state index contributed by atoms with van der Waals surface area (Å²) in [6.45, 7) is 5.89. The van der Waals surface area contributed by atoms with Crippen molar-refractivity contribution in [2.75, 3.05) is 18.6 Å². The fourth-order valence-corrected chi connectivity index (χ4v) is 4.59. The number of amides is 1. The van der Waals surface area contributed by atoms with Gasteiger partial charge >= 0.3 is 5.97 Å². The summed E-state index contributed by atoms with van der Waals surface area (Å²) >= 11 is 1.61. The van der Waals surface area contributed by atoms with Crippen LogP contribution in [0.25, 0.3) is 0 Å². The number of thioether (sulfide) groups is 1. The Balaban J connectivity index is 1.79. The Hall–Kier alpha value is -1.69. The van der Waals surface area contributed by atoms with Crippen LogP contribution in [0.3, 0.4) is 0 Å². The van der Waals surface area contributed by atoms with Crippen molar-refractivity contribution in [3.05, 3.63) is 35.9 Å². The standard InChI is InChI=1S/C24H36N2O7S/c1-5-29-18(27)13-17(26-22(28)16(25)11-12-34-4)19-20(30-14-15-9-7-6-8-10-15)21-23(31-19)33-24(2,3)32-21/h6-10,16-17,19-21,23H,5,11-14,25H2,1-4H3,(H,26,28)/t16-,17+,19+,20-,21+,23+/m0/s1. The van der Waals surface area contributed by atoms with Crippen molar-refractivity contribution < 1.29 is 33.3 Å². The third-order valence-corrected chi connectivity index (χ3v) is 6.34. The van der Waals surface area contributed by atoms with E-state index in [1.165, 1.54) is 0 Å². The predicted octanol–water partition coefficient (Wildman–Crippen LogP) is 1.97. The van der Waals surface area contributed by atoms with E-state index in [1.54, 1.807) is 32.5 Å². The van der Waals surface area contributed by atoms with Crippen LogP contribution in [-0.4, -0.2) is 73.0 Å². The molecule has 0 bridgehead atoms. The molecule has 1 aromatic rings. The van der Waals surface area contributed by atoms with Gasteiger partial charge in [-0.2, -0.15) is 11.8 Å². The van der Waals surface area contributed by atoms with Gasteiger partial charge in [-0.3, -0.25) is 9.59 Å². The van der Waals surface area contributed by atoms with E-state index in [-0.39, 0.29) is 18.9 Å². The normalized spacial score (nSPS) is 27.1. The molecule has 190 valence electrons. The molecule has 1 aromatic carbocycles. The second-order valence-corrected chi connectivity index (χ2v) is 9.83. The van der Waals surface area contributed by atoms with Gasteiger partial charge in [0.2, 0.25) is 5.91 Å². The summed E-state index contributed by atoms with van der Waals surface area (Å²) in [5, 5.41) is 2.90. The number of nitrogens with one attached hydrogen (secondary N) is 1. The molecular weight excluding hydrogens is 460 g/mol. The number of esters is 1. The lowest BCUT2D eigenvalue weighted by Crippen LogP contribution is -2.54. The summed E-state index contributed by atoms with van der Waals surface area (Å²) in [6, 6.07) is 8.29. The highest BCUT2D eigenvalue weighted by atomic mass is 32.2. The van der Waals surface area contributed by atoms with Gasteiger partial charge in [0.1, 0.15) is 18.3 Å². The van der Waals surface area contributed by atoms with E-state index in [2.05, 4.69) is 5.32 Å².